The van der Waals surface area contributed by atoms with Crippen LogP contribution in [0.3, 0.4) is 0 Å². The van der Waals surface area contributed by atoms with Crippen LogP contribution >= 0.6 is 23.5 Å². The van der Waals surface area contributed by atoms with Crippen molar-refractivity contribution in [2.24, 2.45) is 0 Å². The zero-order valence-electron chi connectivity index (χ0n) is 18.0. The molecule has 0 saturated heterocycles. The molecule has 4 rings (SSSR count). The van der Waals surface area contributed by atoms with Crippen LogP contribution in [0.4, 0.5) is 0 Å². The van der Waals surface area contributed by atoms with Gasteiger partial charge in [0.05, 0.1) is 14.2 Å². The smallest absolute Gasteiger partial charge is 0.118 e. The summed E-state index contributed by atoms with van der Waals surface area (Å²) in [5.74, 6) is 1.71. The average Bonchev–Trinajstić information content (AvgIpc) is 2.88. The molecule has 0 aliphatic carbocycles. The van der Waals surface area contributed by atoms with Crippen molar-refractivity contribution in [2.45, 2.75) is 9.79 Å². The lowest BCUT2D eigenvalue weighted by molar-refractivity contribution is 0.414. The average molecular weight is 457 g/mol. The zero-order chi connectivity index (χ0) is 22.2. The first kappa shape index (κ1) is 22.1. The summed E-state index contributed by atoms with van der Waals surface area (Å²) in [6.07, 6.45) is 0. The molecule has 0 N–H and O–H groups in total. The van der Waals surface area contributed by atoms with Crippen molar-refractivity contribution < 1.29 is 9.47 Å². The van der Waals surface area contributed by atoms with Crippen molar-refractivity contribution >= 4 is 33.3 Å². The van der Waals surface area contributed by atoms with Crippen molar-refractivity contribution in [1.82, 2.24) is 0 Å². The van der Waals surface area contributed by atoms with E-state index in [-0.39, 0.29) is 0 Å². The van der Waals surface area contributed by atoms with E-state index in [1.807, 2.05) is 24.3 Å². The largest absolute Gasteiger partial charge is 0.497 e. The van der Waals surface area contributed by atoms with Gasteiger partial charge in [-0.2, -0.15) is 0 Å². The van der Waals surface area contributed by atoms with Crippen LogP contribution in [-0.4, -0.2) is 14.2 Å². The fourth-order valence-electron chi connectivity index (χ4n) is 3.18. The minimum atomic E-state index is 0.857. The molecule has 4 aromatic rings. The first-order valence-corrected chi connectivity index (χ1v) is 11.9. The third-order valence-corrected chi connectivity index (χ3v) is 7.27. The van der Waals surface area contributed by atoms with Crippen LogP contribution in [0, 0.1) is 0 Å². The summed E-state index contributed by atoms with van der Waals surface area (Å²) in [7, 11) is 3.38. The minimum absolute atomic E-state index is 0.857. The second-order valence-corrected chi connectivity index (χ2v) is 9.11. The SMILES string of the molecule is COc1ccc(S/C(=C(/Sc2ccc(OC)cc2)c2ccccc2)c2ccccc2)cc1. The highest BCUT2D eigenvalue weighted by molar-refractivity contribution is 8.13. The van der Waals surface area contributed by atoms with Gasteiger partial charge in [-0.3, -0.25) is 0 Å². The number of methoxy groups -OCH3 is 2. The lowest BCUT2D eigenvalue weighted by Gasteiger charge is -2.16. The molecule has 0 bridgehead atoms. The third kappa shape index (κ3) is 5.58. The summed E-state index contributed by atoms with van der Waals surface area (Å²) >= 11 is 3.54. The monoisotopic (exact) mass is 456 g/mol. The maximum atomic E-state index is 5.34. The molecule has 0 aromatic heterocycles. The van der Waals surface area contributed by atoms with Gasteiger partial charge in [-0.15, -0.1) is 0 Å². The van der Waals surface area contributed by atoms with Crippen molar-refractivity contribution in [1.29, 1.82) is 0 Å². The predicted octanol–water partition coefficient (Wildman–Crippen LogP) is 8.11. The summed E-state index contributed by atoms with van der Waals surface area (Å²) in [6.45, 7) is 0. The van der Waals surface area contributed by atoms with E-state index in [9.17, 15) is 0 Å². The van der Waals surface area contributed by atoms with E-state index >= 15 is 0 Å². The molecule has 0 fully saturated rings. The highest BCUT2D eigenvalue weighted by atomic mass is 32.2. The highest BCUT2D eigenvalue weighted by Gasteiger charge is 2.15. The molecule has 2 nitrogen and oxygen atoms in total. The molecule has 0 heterocycles. The molecule has 32 heavy (non-hydrogen) atoms. The first-order valence-electron chi connectivity index (χ1n) is 10.3. The van der Waals surface area contributed by atoms with E-state index in [0.29, 0.717) is 0 Å². The van der Waals surface area contributed by atoms with Gasteiger partial charge < -0.3 is 9.47 Å². The number of hydrogen-bond acceptors (Lipinski definition) is 4. The second kappa shape index (κ2) is 11.0. The number of rotatable bonds is 8. The van der Waals surface area contributed by atoms with Gasteiger partial charge >= 0.3 is 0 Å². The molecule has 0 aliphatic heterocycles. The quantitative estimate of drug-likeness (QED) is 0.197. The molecule has 4 heteroatoms. The molecular weight excluding hydrogens is 432 g/mol. The van der Waals surface area contributed by atoms with E-state index in [0.717, 1.165) is 21.3 Å². The molecule has 0 spiro atoms. The lowest BCUT2D eigenvalue weighted by Crippen LogP contribution is -1.89. The van der Waals surface area contributed by atoms with E-state index in [4.69, 9.17) is 9.47 Å². The Morgan fingerprint density at radius 3 is 1.12 bits per heavy atom. The van der Waals surface area contributed by atoms with Crippen LogP contribution in [0.25, 0.3) is 9.81 Å². The minimum Gasteiger partial charge on any atom is -0.497 e. The van der Waals surface area contributed by atoms with Crippen molar-refractivity contribution in [2.75, 3.05) is 14.2 Å². The van der Waals surface area contributed by atoms with Crippen LogP contribution in [0.5, 0.6) is 11.5 Å². The van der Waals surface area contributed by atoms with Gasteiger partial charge in [-0.25, -0.2) is 0 Å². The zero-order valence-corrected chi connectivity index (χ0v) is 19.7. The Bertz CT molecular complexity index is 1060. The molecule has 0 atom stereocenters. The summed E-state index contributed by atoms with van der Waals surface area (Å²) in [4.78, 5) is 4.74. The first-order chi connectivity index (χ1) is 15.8. The summed E-state index contributed by atoms with van der Waals surface area (Å²) in [6, 6.07) is 37.6. The van der Waals surface area contributed by atoms with Crippen molar-refractivity contribution in [3.8, 4) is 11.5 Å². The van der Waals surface area contributed by atoms with E-state index in [2.05, 4.69) is 84.9 Å². The molecule has 0 amide bonds. The summed E-state index contributed by atoms with van der Waals surface area (Å²) in [5.41, 5.74) is 2.38. The van der Waals surface area contributed by atoms with Crippen molar-refractivity contribution in [3.63, 3.8) is 0 Å². The number of benzene rings is 4. The fraction of sp³-hybridized carbons (Fsp3) is 0.0714. The van der Waals surface area contributed by atoms with E-state index in [1.165, 1.54) is 20.9 Å². The molecule has 0 radical (unpaired) electrons. The van der Waals surface area contributed by atoms with Crippen LogP contribution < -0.4 is 9.47 Å². The Morgan fingerprint density at radius 1 is 0.469 bits per heavy atom. The number of thioether (sulfide) groups is 2. The lowest BCUT2D eigenvalue weighted by atomic mass is 10.1. The Labute approximate surface area is 198 Å². The topological polar surface area (TPSA) is 18.5 Å². The van der Waals surface area contributed by atoms with Crippen LogP contribution in [0.1, 0.15) is 11.1 Å². The van der Waals surface area contributed by atoms with E-state index < -0.39 is 0 Å². The Morgan fingerprint density at radius 2 is 0.812 bits per heavy atom. The van der Waals surface area contributed by atoms with Crippen LogP contribution in [0.15, 0.2) is 119 Å². The molecule has 0 unspecified atom stereocenters. The summed E-state index contributed by atoms with van der Waals surface area (Å²) in [5, 5.41) is 0. The molecule has 160 valence electrons. The van der Waals surface area contributed by atoms with Gasteiger partial charge in [0.25, 0.3) is 0 Å². The Balaban J connectivity index is 1.83. The fourth-order valence-corrected chi connectivity index (χ4v) is 5.37. The summed E-state index contributed by atoms with van der Waals surface area (Å²) < 4.78 is 10.7. The van der Waals surface area contributed by atoms with Gasteiger partial charge in [-0.05, 0) is 59.7 Å². The highest BCUT2D eigenvalue weighted by Crippen LogP contribution is 2.47. The Kier molecular flexibility index (Phi) is 7.59. The van der Waals surface area contributed by atoms with Gasteiger partial charge in [-0.1, -0.05) is 84.2 Å². The molecule has 0 saturated carbocycles. The normalized spacial score (nSPS) is 11.6. The predicted molar refractivity (Wildman–Crippen MR) is 137 cm³/mol. The standard InChI is InChI=1S/C28H24O2S2/c1-29-23-13-17-25(18-14-23)31-27(21-9-5-3-6-10-21)28(22-11-7-4-8-12-22)32-26-19-15-24(30-2)16-20-26/h3-20H,1-2H3/b28-27+. The maximum absolute atomic E-state index is 5.34. The van der Waals surface area contributed by atoms with Gasteiger partial charge in [0.2, 0.25) is 0 Å². The second-order valence-electron chi connectivity index (χ2n) is 6.95. The maximum Gasteiger partial charge on any atom is 0.118 e. The Hall–Kier alpha value is -3.08. The van der Waals surface area contributed by atoms with Crippen molar-refractivity contribution in [3.05, 3.63) is 120 Å². The number of hydrogen-bond donors (Lipinski definition) is 0. The molecular formula is C28H24O2S2. The van der Waals surface area contributed by atoms with Crippen LogP contribution in [-0.2, 0) is 0 Å². The molecule has 0 aliphatic rings. The van der Waals surface area contributed by atoms with Gasteiger partial charge in [0, 0.05) is 19.6 Å². The van der Waals surface area contributed by atoms with Gasteiger partial charge in [0.15, 0.2) is 0 Å². The third-order valence-electron chi connectivity index (χ3n) is 4.84. The van der Waals surface area contributed by atoms with Crippen LogP contribution in [0.2, 0.25) is 0 Å². The van der Waals surface area contributed by atoms with E-state index in [1.54, 1.807) is 37.7 Å². The number of ether oxygens (including phenoxy) is 2. The molecule has 4 aromatic carbocycles. The van der Waals surface area contributed by atoms with Gasteiger partial charge in [0.1, 0.15) is 11.5 Å².